The number of aryl methyl sites for hydroxylation is 2. The molecule has 1 saturated heterocycles. The van der Waals surface area contributed by atoms with Crippen LogP contribution >= 0.6 is 0 Å². The van der Waals surface area contributed by atoms with Gasteiger partial charge >= 0.3 is 0 Å². The van der Waals surface area contributed by atoms with E-state index in [4.69, 9.17) is 0 Å². The number of para-hydroxylation sites is 1. The first-order valence-electron chi connectivity index (χ1n) is 9.24. The van der Waals surface area contributed by atoms with Gasteiger partial charge in [-0.15, -0.1) is 0 Å². The molecule has 3 N–H and O–H groups in total. The van der Waals surface area contributed by atoms with E-state index < -0.39 is 5.91 Å². The van der Waals surface area contributed by atoms with Gasteiger partial charge in [0.1, 0.15) is 16.9 Å². The zero-order chi connectivity index (χ0) is 19.0. The number of aromatic nitrogens is 3. The Kier molecular flexibility index (Phi) is 4.53. The number of carbonyl (C=O) groups excluding carboxylic acids is 1. The summed E-state index contributed by atoms with van der Waals surface area (Å²) in [5, 5.41) is 6.18. The van der Waals surface area contributed by atoms with Crippen LogP contribution in [-0.4, -0.2) is 33.5 Å². The fourth-order valence-electron chi connectivity index (χ4n) is 3.73. The second-order valence-electron chi connectivity index (χ2n) is 7.05. The van der Waals surface area contributed by atoms with Crippen LogP contribution in [0.25, 0.3) is 11.0 Å². The molecule has 0 bridgehead atoms. The van der Waals surface area contributed by atoms with Gasteiger partial charge < -0.3 is 20.2 Å². The van der Waals surface area contributed by atoms with E-state index in [1.54, 1.807) is 17.6 Å². The second-order valence-corrected chi connectivity index (χ2v) is 7.05. The van der Waals surface area contributed by atoms with E-state index in [0.717, 1.165) is 37.3 Å². The average Bonchev–Trinajstić information content (AvgIpc) is 3.04. The van der Waals surface area contributed by atoms with Crippen LogP contribution in [0.1, 0.15) is 40.6 Å². The molecule has 0 unspecified atom stereocenters. The number of benzene rings is 1. The SMILES string of the molecule is Cc1nc2c(NC(=O)c3c(C)ccn(C4CCNCC4)c3=O)cccc2[nH]1. The largest absolute Gasteiger partial charge is 0.342 e. The van der Waals surface area contributed by atoms with Crippen LogP contribution in [-0.2, 0) is 0 Å². The fourth-order valence-corrected chi connectivity index (χ4v) is 3.73. The molecule has 1 fully saturated rings. The quantitative estimate of drug-likeness (QED) is 0.665. The molecular formula is C20H23N5O2. The van der Waals surface area contributed by atoms with Crippen molar-refractivity contribution in [2.75, 3.05) is 18.4 Å². The standard InChI is InChI=1S/C20H23N5O2/c1-12-8-11-25(14-6-9-21-10-7-14)20(27)17(12)19(26)24-16-5-3-4-15-18(16)23-13(2)22-15/h3-5,8,11,14,21H,6-7,9-10H2,1-2H3,(H,22,23)(H,24,26). The smallest absolute Gasteiger partial charge is 0.263 e. The topological polar surface area (TPSA) is 91.8 Å². The van der Waals surface area contributed by atoms with Crippen molar-refractivity contribution in [3.8, 4) is 0 Å². The van der Waals surface area contributed by atoms with Crippen LogP contribution in [0.3, 0.4) is 0 Å². The van der Waals surface area contributed by atoms with Gasteiger partial charge in [0.15, 0.2) is 0 Å². The first kappa shape index (κ1) is 17.5. The minimum Gasteiger partial charge on any atom is -0.342 e. The first-order chi connectivity index (χ1) is 13.0. The molecule has 2 aromatic heterocycles. The predicted molar refractivity (Wildman–Crippen MR) is 105 cm³/mol. The first-order valence-corrected chi connectivity index (χ1v) is 9.24. The number of nitrogens with zero attached hydrogens (tertiary/aromatic N) is 2. The van der Waals surface area contributed by atoms with Crippen LogP contribution in [0.4, 0.5) is 5.69 Å². The molecule has 1 aliphatic rings. The summed E-state index contributed by atoms with van der Waals surface area (Å²) in [6.07, 6.45) is 3.58. The summed E-state index contributed by atoms with van der Waals surface area (Å²) in [5.74, 6) is 0.379. The molecule has 140 valence electrons. The molecule has 1 aromatic carbocycles. The van der Waals surface area contributed by atoms with E-state index in [2.05, 4.69) is 20.6 Å². The number of anilines is 1. The van der Waals surface area contributed by atoms with Crippen LogP contribution in [0.5, 0.6) is 0 Å². The van der Waals surface area contributed by atoms with Crippen LogP contribution in [0.2, 0.25) is 0 Å². The Balaban J connectivity index is 1.70. The monoisotopic (exact) mass is 365 g/mol. The molecule has 1 amide bonds. The summed E-state index contributed by atoms with van der Waals surface area (Å²) >= 11 is 0. The van der Waals surface area contributed by atoms with Crippen LogP contribution in [0.15, 0.2) is 35.3 Å². The summed E-state index contributed by atoms with van der Waals surface area (Å²) in [6, 6.07) is 7.52. The maximum absolute atomic E-state index is 13.0. The molecule has 0 aliphatic carbocycles. The van der Waals surface area contributed by atoms with E-state index in [9.17, 15) is 9.59 Å². The second kappa shape index (κ2) is 7.00. The van der Waals surface area contributed by atoms with Gasteiger partial charge in [-0.2, -0.15) is 0 Å². The molecule has 1 aliphatic heterocycles. The summed E-state index contributed by atoms with van der Waals surface area (Å²) < 4.78 is 1.71. The third-order valence-electron chi connectivity index (χ3n) is 5.14. The lowest BCUT2D eigenvalue weighted by atomic mass is 10.0. The Morgan fingerprint density at radius 1 is 1.22 bits per heavy atom. The highest BCUT2D eigenvalue weighted by Crippen LogP contribution is 2.22. The van der Waals surface area contributed by atoms with Crippen molar-refractivity contribution in [2.45, 2.75) is 32.7 Å². The number of imidazole rings is 1. The van der Waals surface area contributed by atoms with Crippen molar-refractivity contribution in [1.82, 2.24) is 19.9 Å². The van der Waals surface area contributed by atoms with Crippen molar-refractivity contribution in [1.29, 1.82) is 0 Å². The van der Waals surface area contributed by atoms with E-state index in [1.165, 1.54) is 0 Å². The lowest BCUT2D eigenvalue weighted by molar-refractivity contribution is 0.102. The van der Waals surface area contributed by atoms with Gasteiger partial charge in [-0.25, -0.2) is 4.98 Å². The van der Waals surface area contributed by atoms with Gasteiger partial charge in [-0.05, 0) is 63.5 Å². The maximum atomic E-state index is 13.0. The van der Waals surface area contributed by atoms with Crippen molar-refractivity contribution in [3.05, 3.63) is 57.8 Å². The number of amides is 1. The highest BCUT2D eigenvalue weighted by molar-refractivity contribution is 6.08. The minimum atomic E-state index is -0.395. The highest BCUT2D eigenvalue weighted by Gasteiger charge is 2.22. The number of rotatable bonds is 3. The van der Waals surface area contributed by atoms with Crippen LogP contribution in [0, 0.1) is 13.8 Å². The van der Waals surface area contributed by atoms with Crippen molar-refractivity contribution < 1.29 is 4.79 Å². The van der Waals surface area contributed by atoms with Gasteiger partial charge in [0.25, 0.3) is 11.5 Å². The minimum absolute atomic E-state index is 0.128. The summed E-state index contributed by atoms with van der Waals surface area (Å²) in [4.78, 5) is 33.6. The number of pyridine rings is 1. The summed E-state index contributed by atoms with van der Waals surface area (Å²) in [7, 11) is 0. The lowest BCUT2D eigenvalue weighted by Gasteiger charge is -2.25. The number of hydrogen-bond acceptors (Lipinski definition) is 4. The van der Waals surface area contributed by atoms with Gasteiger partial charge in [0.2, 0.25) is 0 Å². The van der Waals surface area contributed by atoms with Gasteiger partial charge in [-0.1, -0.05) is 6.07 Å². The number of aromatic amines is 1. The predicted octanol–water partition coefficient (Wildman–Crippen LogP) is 2.52. The van der Waals surface area contributed by atoms with E-state index in [-0.39, 0.29) is 17.2 Å². The van der Waals surface area contributed by atoms with Crippen molar-refractivity contribution >= 4 is 22.6 Å². The number of nitrogens with one attached hydrogen (secondary N) is 3. The zero-order valence-corrected chi connectivity index (χ0v) is 15.5. The normalized spacial score (nSPS) is 15.2. The molecule has 7 nitrogen and oxygen atoms in total. The van der Waals surface area contributed by atoms with Crippen molar-refractivity contribution in [3.63, 3.8) is 0 Å². The third-order valence-corrected chi connectivity index (χ3v) is 5.14. The Morgan fingerprint density at radius 3 is 2.78 bits per heavy atom. The molecule has 7 heteroatoms. The molecule has 4 rings (SSSR count). The number of carbonyl (C=O) groups is 1. The van der Waals surface area contributed by atoms with Crippen LogP contribution < -0.4 is 16.2 Å². The van der Waals surface area contributed by atoms with E-state index in [1.807, 2.05) is 31.3 Å². The number of fused-ring (bicyclic) bond motifs is 1. The molecule has 3 aromatic rings. The zero-order valence-electron chi connectivity index (χ0n) is 15.5. The lowest BCUT2D eigenvalue weighted by Crippen LogP contribution is -2.37. The number of hydrogen-bond donors (Lipinski definition) is 3. The Labute approximate surface area is 156 Å². The number of H-pyrrole nitrogens is 1. The summed E-state index contributed by atoms with van der Waals surface area (Å²) in [5.41, 5.74) is 2.77. The van der Waals surface area contributed by atoms with Gasteiger partial charge in [-0.3, -0.25) is 9.59 Å². The molecule has 0 spiro atoms. The van der Waals surface area contributed by atoms with Gasteiger partial charge in [0, 0.05) is 12.2 Å². The molecule has 0 saturated carbocycles. The maximum Gasteiger partial charge on any atom is 0.263 e. The molecule has 0 atom stereocenters. The Hall–Kier alpha value is -2.93. The molecular weight excluding hydrogens is 342 g/mol. The Bertz CT molecular complexity index is 1060. The summed E-state index contributed by atoms with van der Waals surface area (Å²) in [6.45, 7) is 5.42. The van der Waals surface area contributed by atoms with Crippen molar-refractivity contribution in [2.24, 2.45) is 0 Å². The highest BCUT2D eigenvalue weighted by atomic mass is 16.2. The Morgan fingerprint density at radius 2 is 2.00 bits per heavy atom. The third kappa shape index (κ3) is 3.26. The molecule has 27 heavy (non-hydrogen) atoms. The molecule has 3 heterocycles. The van der Waals surface area contributed by atoms with E-state index >= 15 is 0 Å². The molecule has 0 radical (unpaired) electrons. The fraction of sp³-hybridized carbons (Fsp3) is 0.350. The average molecular weight is 365 g/mol. The van der Waals surface area contributed by atoms with Gasteiger partial charge in [0.05, 0.1) is 11.2 Å². The van der Waals surface area contributed by atoms with E-state index in [0.29, 0.717) is 16.8 Å². The number of piperidine rings is 1.